The number of fused-ring (bicyclic) bond motifs is 1. The minimum absolute atomic E-state index is 0.0164. The van der Waals surface area contributed by atoms with E-state index in [4.69, 9.17) is 9.90 Å². The Hall–Kier alpha value is -4.02. The van der Waals surface area contributed by atoms with Crippen LogP contribution in [0.1, 0.15) is 23.2 Å². The van der Waals surface area contributed by atoms with Crippen molar-refractivity contribution in [2.45, 2.75) is 19.0 Å². The highest BCUT2D eigenvalue weighted by Crippen LogP contribution is 2.42. The average Bonchev–Trinajstić information content (AvgIpc) is 3.40. The van der Waals surface area contributed by atoms with Crippen LogP contribution in [-0.2, 0) is 9.59 Å². The maximum absolute atomic E-state index is 13.6. The van der Waals surface area contributed by atoms with Crippen molar-refractivity contribution >= 4 is 34.4 Å². The summed E-state index contributed by atoms with van der Waals surface area (Å²) < 4.78 is 45.3. The number of nitrogens with zero attached hydrogens (tertiary/aromatic N) is 3. The normalized spacial score (nSPS) is 19.5. The first-order valence-corrected chi connectivity index (χ1v) is 11.0. The molecule has 188 valence electrons. The second-order valence-electron chi connectivity index (χ2n) is 8.83. The minimum Gasteiger partial charge on any atom is -0.475 e. The first kappa shape index (κ1) is 25.1. The van der Waals surface area contributed by atoms with Gasteiger partial charge in [0.2, 0.25) is 5.91 Å². The smallest absolute Gasteiger partial charge is 0.475 e. The lowest BCUT2D eigenvalue weighted by Crippen LogP contribution is -2.34. The predicted octanol–water partition coefficient (Wildman–Crippen LogP) is 4.28. The summed E-state index contributed by atoms with van der Waals surface area (Å²) in [7, 11) is 0. The predicted molar refractivity (Wildman–Crippen MR) is 122 cm³/mol. The average molecular weight is 503 g/mol. The number of aromatic nitrogens is 1. The highest BCUT2D eigenvalue weighted by molar-refractivity contribution is 5.99. The molecule has 1 unspecified atom stereocenters. The van der Waals surface area contributed by atoms with Crippen molar-refractivity contribution in [1.82, 2.24) is 9.88 Å². The molecule has 1 N–H and O–H groups in total. The zero-order valence-corrected chi connectivity index (χ0v) is 18.8. The molecule has 2 amide bonds. The molecular formula is C25H21F4N3O4. The van der Waals surface area contributed by atoms with Gasteiger partial charge in [-0.25, -0.2) is 9.18 Å². The third-order valence-electron chi connectivity index (χ3n) is 6.25. The van der Waals surface area contributed by atoms with Crippen molar-refractivity contribution < 1.29 is 37.1 Å². The van der Waals surface area contributed by atoms with Gasteiger partial charge in [-0.3, -0.25) is 14.6 Å². The van der Waals surface area contributed by atoms with Gasteiger partial charge < -0.3 is 14.9 Å². The van der Waals surface area contributed by atoms with Crippen LogP contribution in [-0.4, -0.2) is 58.6 Å². The Kier molecular flexibility index (Phi) is 6.66. The second-order valence-corrected chi connectivity index (χ2v) is 8.83. The van der Waals surface area contributed by atoms with Crippen LogP contribution in [0.4, 0.5) is 23.2 Å². The van der Waals surface area contributed by atoms with E-state index in [1.165, 1.54) is 12.1 Å². The van der Waals surface area contributed by atoms with E-state index >= 15 is 0 Å². The number of carboxylic acid groups (broad SMARTS) is 1. The van der Waals surface area contributed by atoms with E-state index in [0.717, 1.165) is 17.3 Å². The molecule has 1 aromatic heterocycles. The number of halogens is 4. The van der Waals surface area contributed by atoms with Crippen molar-refractivity contribution in [1.29, 1.82) is 0 Å². The van der Waals surface area contributed by atoms with Crippen LogP contribution in [0.25, 0.3) is 10.9 Å². The number of amides is 2. The Morgan fingerprint density at radius 1 is 1.03 bits per heavy atom. The number of anilines is 1. The molecule has 0 saturated carbocycles. The summed E-state index contributed by atoms with van der Waals surface area (Å²) in [5.74, 6) is -3.19. The fraction of sp³-hybridized carbons (Fsp3) is 0.280. The van der Waals surface area contributed by atoms with Gasteiger partial charge in [-0.1, -0.05) is 24.3 Å². The number of likely N-dealkylation sites (tertiary alicyclic amines) is 1. The summed E-state index contributed by atoms with van der Waals surface area (Å²) in [6, 6.07) is 15.7. The Balaban J connectivity index is 0.000000384. The summed E-state index contributed by atoms with van der Waals surface area (Å²) in [5.41, 5.74) is 1.72. The third kappa shape index (κ3) is 5.29. The second kappa shape index (κ2) is 9.56. The Morgan fingerprint density at radius 2 is 1.75 bits per heavy atom. The van der Waals surface area contributed by atoms with Crippen molar-refractivity contribution in [3.63, 3.8) is 0 Å². The lowest BCUT2D eigenvalue weighted by Gasteiger charge is -2.24. The van der Waals surface area contributed by atoms with E-state index in [9.17, 15) is 27.2 Å². The quantitative estimate of drug-likeness (QED) is 0.528. The van der Waals surface area contributed by atoms with E-state index in [2.05, 4.69) is 4.98 Å². The van der Waals surface area contributed by atoms with Gasteiger partial charge in [0.1, 0.15) is 5.82 Å². The molecule has 3 aromatic rings. The minimum atomic E-state index is -5.08. The number of rotatable bonds is 2. The van der Waals surface area contributed by atoms with Gasteiger partial charge in [0, 0.05) is 48.7 Å². The standard InChI is InChI=1S/C23H20FN3O2.C2HF3O2/c24-18-5-3-6-19(11-18)27-15-23(12-21(27)28)8-9-26(14-23)22(29)17-10-16-4-1-2-7-20(16)25-13-17;3-2(4,5)1(6)7/h1-7,10-11,13H,8-9,12,14-15H2;(H,6,7). The van der Waals surface area contributed by atoms with E-state index in [0.29, 0.717) is 37.3 Å². The molecule has 1 atom stereocenters. The fourth-order valence-electron chi connectivity index (χ4n) is 4.53. The van der Waals surface area contributed by atoms with Gasteiger partial charge in [-0.2, -0.15) is 13.2 Å². The maximum atomic E-state index is 13.6. The van der Waals surface area contributed by atoms with E-state index in [1.807, 2.05) is 35.2 Å². The highest BCUT2D eigenvalue weighted by atomic mass is 19.4. The molecule has 0 bridgehead atoms. The molecule has 2 aliphatic heterocycles. The largest absolute Gasteiger partial charge is 0.490 e. The number of carbonyl (C=O) groups excluding carboxylic acids is 2. The van der Waals surface area contributed by atoms with Crippen LogP contribution in [0.3, 0.4) is 0 Å². The van der Waals surface area contributed by atoms with Gasteiger partial charge in [0.25, 0.3) is 5.91 Å². The van der Waals surface area contributed by atoms with Crippen molar-refractivity contribution in [2.75, 3.05) is 24.5 Å². The number of pyridine rings is 1. The van der Waals surface area contributed by atoms with Gasteiger partial charge in [0.15, 0.2) is 0 Å². The van der Waals surface area contributed by atoms with Crippen LogP contribution in [0.2, 0.25) is 0 Å². The van der Waals surface area contributed by atoms with Gasteiger partial charge >= 0.3 is 12.1 Å². The van der Waals surface area contributed by atoms with Crippen LogP contribution >= 0.6 is 0 Å². The lowest BCUT2D eigenvalue weighted by atomic mass is 9.86. The first-order chi connectivity index (χ1) is 17.0. The molecule has 5 rings (SSSR count). The molecule has 7 nitrogen and oxygen atoms in total. The van der Waals surface area contributed by atoms with Crippen LogP contribution in [0, 0.1) is 11.2 Å². The highest BCUT2D eigenvalue weighted by Gasteiger charge is 2.49. The molecule has 2 aromatic carbocycles. The number of benzene rings is 2. The van der Waals surface area contributed by atoms with Crippen LogP contribution in [0.5, 0.6) is 0 Å². The number of hydrogen-bond acceptors (Lipinski definition) is 4. The number of hydrogen-bond donors (Lipinski definition) is 1. The molecule has 36 heavy (non-hydrogen) atoms. The van der Waals surface area contributed by atoms with Crippen molar-refractivity contribution in [3.05, 3.63) is 72.2 Å². The number of aliphatic carboxylic acids is 1. The summed E-state index contributed by atoms with van der Waals surface area (Å²) in [4.78, 5) is 42.4. The number of alkyl halides is 3. The summed E-state index contributed by atoms with van der Waals surface area (Å²) in [6.07, 6.45) is -2.32. The number of carbonyl (C=O) groups is 3. The summed E-state index contributed by atoms with van der Waals surface area (Å²) >= 11 is 0. The lowest BCUT2D eigenvalue weighted by molar-refractivity contribution is -0.192. The fourth-order valence-corrected chi connectivity index (χ4v) is 4.53. The molecule has 11 heteroatoms. The van der Waals surface area contributed by atoms with Crippen LogP contribution in [0.15, 0.2) is 60.8 Å². The molecule has 1 spiro atoms. The number of para-hydroxylation sites is 1. The number of carboxylic acids is 1. The molecular weight excluding hydrogens is 482 g/mol. The Bertz CT molecular complexity index is 1330. The Morgan fingerprint density at radius 3 is 2.44 bits per heavy atom. The molecule has 3 heterocycles. The zero-order chi connectivity index (χ0) is 26.1. The van der Waals surface area contributed by atoms with E-state index < -0.39 is 12.1 Å². The van der Waals surface area contributed by atoms with Gasteiger partial charge in [0.05, 0.1) is 11.1 Å². The summed E-state index contributed by atoms with van der Waals surface area (Å²) in [5, 5.41) is 8.06. The monoisotopic (exact) mass is 503 g/mol. The molecule has 0 radical (unpaired) electrons. The molecule has 2 aliphatic rings. The third-order valence-corrected chi connectivity index (χ3v) is 6.25. The van der Waals surface area contributed by atoms with Gasteiger partial charge in [-0.05, 0) is 36.8 Å². The first-order valence-electron chi connectivity index (χ1n) is 11.0. The van der Waals surface area contributed by atoms with Crippen molar-refractivity contribution in [3.8, 4) is 0 Å². The molecule has 0 aliphatic carbocycles. The molecule has 2 saturated heterocycles. The molecule has 2 fully saturated rings. The summed E-state index contributed by atoms with van der Waals surface area (Å²) in [6.45, 7) is 1.64. The van der Waals surface area contributed by atoms with Crippen molar-refractivity contribution in [2.24, 2.45) is 5.41 Å². The maximum Gasteiger partial charge on any atom is 0.490 e. The van der Waals surface area contributed by atoms with E-state index in [1.54, 1.807) is 23.2 Å². The van der Waals surface area contributed by atoms with Crippen LogP contribution < -0.4 is 4.90 Å². The SMILES string of the molecule is O=C(O)C(F)(F)F.O=C(c1cnc2ccccc2c1)N1CCC2(CC(=O)N(c3cccc(F)c3)C2)C1. The van der Waals surface area contributed by atoms with Gasteiger partial charge in [-0.15, -0.1) is 0 Å². The topological polar surface area (TPSA) is 90.8 Å². The van der Waals surface area contributed by atoms with E-state index in [-0.39, 0.29) is 23.0 Å². The zero-order valence-electron chi connectivity index (χ0n) is 18.8. The Labute approximate surface area is 202 Å².